The first-order chi connectivity index (χ1) is 7.68. The molecule has 2 heterocycles. The Balaban J connectivity index is 1.76. The molecule has 2 saturated heterocycles. The quantitative estimate of drug-likeness (QED) is 0.688. The van der Waals surface area contributed by atoms with E-state index in [1.165, 1.54) is 0 Å². The molecule has 0 saturated carbocycles. The summed E-state index contributed by atoms with van der Waals surface area (Å²) in [5.74, 6) is 0.302. The van der Waals surface area contributed by atoms with Crippen molar-refractivity contribution < 1.29 is 14.3 Å². The van der Waals surface area contributed by atoms with Gasteiger partial charge < -0.3 is 14.5 Å². The van der Waals surface area contributed by atoms with Gasteiger partial charge in [0.05, 0.1) is 0 Å². The summed E-state index contributed by atoms with van der Waals surface area (Å²) in [7, 11) is 0. The van der Waals surface area contributed by atoms with Gasteiger partial charge in [-0.2, -0.15) is 0 Å². The second kappa shape index (κ2) is 4.82. The molecule has 2 aliphatic heterocycles. The normalized spacial score (nSPS) is 23.3. The molecule has 0 bridgehead atoms. The highest BCUT2D eigenvalue weighted by molar-refractivity contribution is 5.79. The van der Waals surface area contributed by atoms with Gasteiger partial charge in [-0.25, -0.2) is 0 Å². The minimum Gasteiger partial charge on any atom is -0.351 e. The van der Waals surface area contributed by atoms with E-state index in [1.54, 1.807) is 4.90 Å². The van der Waals surface area contributed by atoms with Crippen LogP contribution in [-0.4, -0.2) is 54.1 Å². The van der Waals surface area contributed by atoms with Crippen LogP contribution in [-0.2, 0) is 14.3 Å². The van der Waals surface area contributed by atoms with E-state index in [9.17, 15) is 9.59 Å². The highest BCUT2D eigenvalue weighted by Gasteiger charge is 2.27. The van der Waals surface area contributed by atoms with Gasteiger partial charge in [-0.05, 0) is 19.8 Å². The summed E-state index contributed by atoms with van der Waals surface area (Å²) in [6.07, 6.45) is 2.49. The molecular formula is C11H18N2O3. The van der Waals surface area contributed by atoms with Crippen molar-refractivity contribution in [1.82, 2.24) is 9.80 Å². The average Bonchev–Trinajstić information content (AvgIpc) is 2.84. The molecule has 90 valence electrons. The van der Waals surface area contributed by atoms with Crippen molar-refractivity contribution in [3.8, 4) is 0 Å². The summed E-state index contributed by atoms with van der Waals surface area (Å²) in [6, 6.07) is 0.156. The zero-order chi connectivity index (χ0) is 11.5. The SMILES string of the molecule is CC(CCN1CCCC1=O)N1COCC1=O. The first-order valence-electron chi connectivity index (χ1n) is 5.83. The van der Waals surface area contributed by atoms with Crippen LogP contribution in [0.4, 0.5) is 0 Å². The first kappa shape index (κ1) is 11.4. The minimum absolute atomic E-state index is 0.0558. The number of carbonyl (C=O) groups is 2. The molecule has 5 nitrogen and oxygen atoms in total. The Morgan fingerprint density at radius 1 is 1.38 bits per heavy atom. The fourth-order valence-corrected chi connectivity index (χ4v) is 2.20. The summed E-state index contributed by atoms with van der Waals surface area (Å²) >= 11 is 0. The van der Waals surface area contributed by atoms with E-state index in [0.29, 0.717) is 13.2 Å². The lowest BCUT2D eigenvalue weighted by molar-refractivity contribution is -0.128. The zero-order valence-corrected chi connectivity index (χ0v) is 9.65. The maximum absolute atomic E-state index is 11.4. The Labute approximate surface area is 95.3 Å². The number of ether oxygens (including phenoxy) is 1. The molecular weight excluding hydrogens is 208 g/mol. The third kappa shape index (κ3) is 2.35. The van der Waals surface area contributed by atoms with Crippen molar-refractivity contribution in [2.75, 3.05) is 26.4 Å². The molecule has 2 fully saturated rings. The van der Waals surface area contributed by atoms with E-state index in [4.69, 9.17) is 4.74 Å². The first-order valence-corrected chi connectivity index (χ1v) is 5.83. The Bertz CT molecular complexity index is 293. The third-order valence-electron chi connectivity index (χ3n) is 3.30. The predicted molar refractivity (Wildman–Crippen MR) is 57.6 cm³/mol. The van der Waals surface area contributed by atoms with Crippen LogP contribution in [0.3, 0.4) is 0 Å². The molecule has 1 unspecified atom stereocenters. The second-order valence-electron chi connectivity index (χ2n) is 4.46. The molecule has 0 spiro atoms. The van der Waals surface area contributed by atoms with Crippen molar-refractivity contribution in [2.24, 2.45) is 0 Å². The lowest BCUT2D eigenvalue weighted by Crippen LogP contribution is -2.38. The van der Waals surface area contributed by atoms with Gasteiger partial charge in [0.2, 0.25) is 5.91 Å². The van der Waals surface area contributed by atoms with Crippen molar-refractivity contribution >= 4 is 11.8 Å². The third-order valence-corrected chi connectivity index (χ3v) is 3.30. The Hall–Kier alpha value is -1.10. The van der Waals surface area contributed by atoms with Crippen LogP contribution in [0.2, 0.25) is 0 Å². The number of hydrogen-bond acceptors (Lipinski definition) is 3. The Kier molecular flexibility index (Phi) is 3.43. The van der Waals surface area contributed by atoms with Crippen molar-refractivity contribution in [1.29, 1.82) is 0 Å². The van der Waals surface area contributed by atoms with Crippen LogP contribution in [0.5, 0.6) is 0 Å². The smallest absolute Gasteiger partial charge is 0.250 e. The molecule has 5 heteroatoms. The fourth-order valence-electron chi connectivity index (χ4n) is 2.20. The summed E-state index contributed by atoms with van der Waals surface area (Å²) < 4.78 is 5.08. The van der Waals surface area contributed by atoms with Crippen LogP contribution in [0.15, 0.2) is 0 Å². The van der Waals surface area contributed by atoms with E-state index in [1.807, 2.05) is 11.8 Å². The lowest BCUT2D eigenvalue weighted by Gasteiger charge is -2.25. The molecule has 16 heavy (non-hydrogen) atoms. The number of likely N-dealkylation sites (tertiary alicyclic amines) is 1. The molecule has 0 radical (unpaired) electrons. The molecule has 1 atom stereocenters. The van der Waals surface area contributed by atoms with Gasteiger partial charge in [-0.3, -0.25) is 9.59 Å². The van der Waals surface area contributed by atoms with E-state index in [0.717, 1.165) is 25.9 Å². The molecule has 0 aromatic heterocycles. The van der Waals surface area contributed by atoms with Crippen LogP contribution in [0.25, 0.3) is 0 Å². The highest BCUT2D eigenvalue weighted by atomic mass is 16.5. The Morgan fingerprint density at radius 2 is 2.19 bits per heavy atom. The maximum atomic E-state index is 11.4. The number of rotatable bonds is 4. The standard InChI is InChI=1S/C11H18N2O3/c1-9(13-8-16-7-11(13)15)4-6-12-5-2-3-10(12)14/h9H,2-8H2,1H3. The van der Waals surface area contributed by atoms with E-state index >= 15 is 0 Å². The number of nitrogens with zero attached hydrogens (tertiary/aromatic N) is 2. The Morgan fingerprint density at radius 3 is 2.75 bits per heavy atom. The fraction of sp³-hybridized carbons (Fsp3) is 0.818. The molecule has 2 amide bonds. The second-order valence-corrected chi connectivity index (χ2v) is 4.46. The topological polar surface area (TPSA) is 49.9 Å². The van der Waals surface area contributed by atoms with Gasteiger partial charge in [0.15, 0.2) is 0 Å². The van der Waals surface area contributed by atoms with Gasteiger partial charge in [-0.1, -0.05) is 0 Å². The van der Waals surface area contributed by atoms with Gasteiger partial charge in [0, 0.05) is 25.6 Å². The van der Waals surface area contributed by atoms with E-state index in [2.05, 4.69) is 0 Å². The summed E-state index contributed by atoms with van der Waals surface area (Å²) in [4.78, 5) is 26.4. The molecule has 2 aliphatic rings. The van der Waals surface area contributed by atoms with E-state index < -0.39 is 0 Å². The van der Waals surface area contributed by atoms with Crippen molar-refractivity contribution in [2.45, 2.75) is 32.2 Å². The highest BCUT2D eigenvalue weighted by Crippen LogP contribution is 2.14. The van der Waals surface area contributed by atoms with Crippen LogP contribution in [0.1, 0.15) is 26.2 Å². The molecule has 0 N–H and O–H groups in total. The number of carbonyl (C=O) groups excluding carboxylic acids is 2. The number of hydrogen-bond donors (Lipinski definition) is 0. The van der Waals surface area contributed by atoms with Crippen molar-refractivity contribution in [3.05, 3.63) is 0 Å². The van der Waals surface area contributed by atoms with Gasteiger partial charge in [-0.15, -0.1) is 0 Å². The van der Waals surface area contributed by atoms with E-state index in [-0.39, 0.29) is 24.5 Å². The van der Waals surface area contributed by atoms with Gasteiger partial charge in [0.25, 0.3) is 5.91 Å². The average molecular weight is 226 g/mol. The lowest BCUT2D eigenvalue weighted by atomic mass is 10.2. The summed E-state index contributed by atoms with van der Waals surface area (Å²) in [6.45, 7) is 4.23. The predicted octanol–water partition coefficient (Wildman–Crippen LogP) is 0.204. The molecule has 0 aliphatic carbocycles. The van der Waals surface area contributed by atoms with Crippen LogP contribution < -0.4 is 0 Å². The summed E-state index contributed by atoms with van der Waals surface area (Å²) in [5, 5.41) is 0. The monoisotopic (exact) mass is 226 g/mol. The van der Waals surface area contributed by atoms with Crippen molar-refractivity contribution in [3.63, 3.8) is 0 Å². The van der Waals surface area contributed by atoms with Crippen LogP contribution in [0, 0.1) is 0 Å². The summed E-state index contributed by atoms with van der Waals surface area (Å²) in [5.41, 5.74) is 0. The van der Waals surface area contributed by atoms with Crippen LogP contribution >= 0.6 is 0 Å². The van der Waals surface area contributed by atoms with Gasteiger partial charge >= 0.3 is 0 Å². The van der Waals surface area contributed by atoms with Gasteiger partial charge in [0.1, 0.15) is 13.3 Å². The largest absolute Gasteiger partial charge is 0.351 e. The molecule has 2 rings (SSSR count). The molecule has 0 aromatic rings. The zero-order valence-electron chi connectivity index (χ0n) is 9.65. The maximum Gasteiger partial charge on any atom is 0.250 e. The molecule has 0 aromatic carbocycles. The number of amides is 2. The minimum atomic E-state index is 0.0558.